The molecule has 0 saturated heterocycles. The first-order valence-electron chi connectivity index (χ1n) is 5.20. The molecule has 0 spiro atoms. The quantitative estimate of drug-likeness (QED) is 0.817. The van der Waals surface area contributed by atoms with Gasteiger partial charge in [-0.1, -0.05) is 23.2 Å². The van der Waals surface area contributed by atoms with Crippen LogP contribution in [0.1, 0.15) is 18.5 Å². The highest BCUT2D eigenvalue weighted by Crippen LogP contribution is 2.40. The molecule has 4 nitrogen and oxygen atoms in total. The lowest BCUT2D eigenvalue weighted by molar-refractivity contribution is -0.174. The molecule has 9 heteroatoms. The van der Waals surface area contributed by atoms with Gasteiger partial charge in [0.05, 0.1) is 11.6 Å². The molecule has 1 rings (SSSR count). The number of hydrogen-bond acceptors (Lipinski definition) is 4. The number of rotatable bonds is 4. The van der Waals surface area contributed by atoms with Crippen molar-refractivity contribution in [2.45, 2.75) is 18.9 Å². The van der Waals surface area contributed by atoms with E-state index in [4.69, 9.17) is 28.9 Å². The maximum atomic E-state index is 13.7. The summed E-state index contributed by atoms with van der Waals surface area (Å²) in [6.45, 7) is 1.16. The van der Waals surface area contributed by atoms with Crippen molar-refractivity contribution in [1.29, 1.82) is 0 Å². The molecule has 0 aromatic heterocycles. The number of halogens is 5. The summed E-state index contributed by atoms with van der Waals surface area (Å²) in [5.41, 5.74) is 4.85. The normalized spacial score (nSPS) is 12.5. The van der Waals surface area contributed by atoms with E-state index in [1.807, 2.05) is 0 Å². The lowest BCUT2D eigenvalue weighted by atomic mass is 10.0. The Labute approximate surface area is 130 Å². The van der Waals surface area contributed by atoms with Crippen molar-refractivity contribution in [2.24, 2.45) is 5.73 Å². The van der Waals surface area contributed by atoms with E-state index >= 15 is 0 Å². The first-order chi connectivity index (χ1) is 8.71. The van der Waals surface area contributed by atoms with Crippen LogP contribution >= 0.6 is 35.6 Å². The molecule has 1 atom stereocenters. The minimum absolute atomic E-state index is 0. The molecule has 0 fully saturated rings. The summed E-state index contributed by atoms with van der Waals surface area (Å²) in [7, 11) is 0. The van der Waals surface area contributed by atoms with Crippen LogP contribution < -0.4 is 5.73 Å². The molecule has 0 amide bonds. The lowest BCUT2D eigenvalue weighted by Gasteiger charge is -2.23. The highest BCUT2D eigenvalue weighted by atomic mass is 35.5. The van der Waals surface area contributed by atoms with Crippen molar-refractivity contribution < 1.29 is 23.4 Å². The molecule has 0 bridgehead atoms. The van der Waals surface area contributed by atoms with Crippen LogP contribution in [0.4, 0.5) is 8.78 Å². The molecule has 0 saturated carbocycles. The van der Waals surface area contributed by atoms with E-state index in [0.29, 0.717) is 0 Å². The Morgan fingerprint density at radius 1 is 1.50 bits per heavy atom. The van der Waals surface area contributed by atoms with Gasteiger partial charge in [0.25, 0.3) is 0 Å². The van der Waals surface area contributed by atoms with Gasteiger partial charge in [0, 0.05) is 10.6 Å². The fourth-order valence-corrected chi connectivity index (χ4v) is 2.01. The second-order valence-electron chi connectivity index (χ2n) is 3.64. The fourth-order valence-electron chi connectivity index (χ4n) is 1.41. The minimum Gasteiger partial charge on any atom is -0.507 e. The maximum absolute atomic E-state index is 13.7. The minimum atomic E-state index is -4.02. The maximum Gasteiger partial charge on any atom is 0.379 e. The van der Waals surface area contributed by atoms with Crippen LogP contribution in [0.2, 0.25) is 10.0 Å². The largest absolute Gasteiger partial charge is 0.507 e. The van der Waals surface area contributed by atoms with E-state index in [-0.39, 0.29) is 29.1 Å². The van der Waals surface area contributed by atoms with Gasteiger partial charge < -0.3 is 15.6 Å². The molecule has 3 N–H and O–H groups in total. The second kappa shape index (κ2) is 7.26. The Bertz CT molecular complexity index is 477. The molecule has 0 heterocycles. The molecular weight excluding hydrogens is 338 g/mol. The Kier molecular flexibility index (Phi) is 6.97. The Morgan fingerprint density at radius 3 is 2.50 bits per heavy atom. The van der Waals surface area contributed by atoms with Crippen LogP contribution in [0.3, 0.4) is 0 Å². The molecular formula is C11H12Cl3F2NO3. The van der Waals surface area contributed by atoms with E-state index < -0.39 is 29.2 Å². The predicted octanol–water partition coefficient (Wildman–Crippen LogP) is 3.32. The number of hydrogen-bond donors (Lipinski definition) is 2. The molecule has 20 heavy (non-hydrogen) atoms. The van der Waals surface area contributed by atoms with Crippen molar-refractivity contribution in [1.82, 2.24) is 0 Å². The summed E-state index contributed by atoms with van der Waals surface area (Å²) in [5, 5.41) is 9.37. The topological polar surface area (TPSA) is 72.5 Å². The van der Waals surface area contributed by atoms with Gasteiger partial charge in [-0.15, -0.1) is 12.4 Å². The van der Waals surface area contributed by atoms with Gasteiger partial charge in [-0.05, 0) is 19.1 Å². The number of carbonyl (C=O) groups excluding carboxylic acids is 1. The fraction of sp³-hybridized carbons (Fsp3) is 0.364. The van der Waals surface area contributed by atoms with Gasteiger partial charge in [0.15, 0.2) is 0 Å². The van der Waals surface area contributed by atoms with Crippen molar-refractivity contribution in [2.75, 3.05) is 6.61 Å². The summed E-state index contributed by atoms with van der Waals surface area (Å²) < 4.78 is 31.7. The highest BCUT2D eigenvalue weighted by Gasteiger charge is 2.49. The number of benzene rings is 1. The summed E-state index contributed by atoms with van der Waals surface area (Å²) in [6.07, 6.45) is 0. The third-order valence-electron chi connectivity index (χ3n) is 2.32. The van der Waals surface area contributed by atoms with Gasteiger partial charge in [-0.25, -0.2) is 4.79 Å². The smallest absolute Gasteiger partial charge is 0.379 e. The van der Waals surface area contributed by atoms with E-state index in [0.717, 1.165) is 12.1 Å². The van der Waals surface area contributed by atoms with Crippen molar-refractivity contribution in [3.05, 3.63) is 27.7 Å². The monoisotopic (exact) mass is 349 g/mol. The Balaban J connectivity index is 0.00000361. The van der Waals surface area contributed by atoms with Gasteiger partial charge in [0.1, 0.15) is 11.8 Å². The van der Waals surface area contributed by atoms with Crippen LogP contribution in [0.25, 0.3) is 0 Å². The first-order valence-corrected chi connectivity index (χ1v) is 5.95. The molecule has 0 aliphatic heterocycles. The van der Waals surface area contributed by atoms with Gasteiger partial charge in [-0.3, -0.25) is 0 Å². The predicted molar refractivity (Wildman–Crippen MR) is 73.9 cm³/mol. The molecule has 0 radical (unpaired) electrons. The molecule has 0 aliphatic carbocycles. The van der Waals surface area contributed by atoms with Crippen LogP contribution in [-0.2, 0) is 9.53 Å². The van der Waals surface area contributed by atoms with E-state index in [9.17, 15) is 18.7 Å². The summed E-state index contributed by atoms with van der Waals surface area (Å²) in [4.78, 5) is 11.2. The zero-order chi connectivity index (χ0) is 14.8. The molecule has 1 aromatic carbocycles. The number of alkyl halides is 2. The Morgan fingerprint density at radius 2 is 2.05 bits per heavy atom. The van der Waals surface area contributed by atoms with Crippen LogP contribution in [0.5, 0.6) is 5.75 Å². The number of ether oxygens (including phenoxy) is 1. The number of nitrogens with two attached hydrogens (primary N) is 1. The standard InChI is InChI=1S/C11H11Cl2F2NO3.ClH/c1-2-19-10(18)11(14,15)9(16)8-6(13)3-5(12)4-7(8)17;/h3-4,9,17H,2,16H2,1H3;1H/t9-;/m0./s1. The highest BCUT2D eigenvalue weighted by molar-refractivity contribution is 6.35. The SMILES string of the molecule is CCOC(=O)C(F)(F)[C@@H](N)c1c(O)cc(Cl)cc1Cl.Cl. The average Bonchev–Trinajstić information content (AvgIpc) is 2.27. The summed E-state index contributed by atoms with van der Waals surface area (Å²) in [5.74, 6) is -6.42. The van der Waals surface area contributed by atoms with Gasteiger partial charge in [-0.2, -0.15) is 8.78 Å². The first kappa shape index (κ1) is 19.2. The zero-order valence-corrected chi connectivity index (χ0v) is 12.5. The number of carbonyl (C=O) groups is 1. The lowest BCUT2D eigenvalue weighted by Crippen LogP contribution is -2.41. The van der Waals surface area contributed by atoms with Crippen LogP contribution in [0.15, 0.2) is 12.1 Å². The summed E-state index contributed by atoms with van der Waals surface area (Å²) in [6, 6.07) is -0.000314. The van der Waals surface area contributed by atoms with E-state index in [1.165, 1.54) is 6.92 Å². The average molecular weight is 351 g/mol. The number of aromatic hydroxyl groups is 1. The third-order valence-corrected chi connectivity index (χ3v) is 2.85. The Hall–Kier alpha value is -0.820. The number of phenols is 1. The van der Waals surface area contributed by atoms with Crippen molar-refractivity contribution in [3.63, 3.8) is 0 Å². The van der Waals surface area contributed by atoms with Crippen molar-refractivity contribution >= 4 is 41.6 Å². The van der Waals surface area contributed by atoms with Crippen molar-refractivity contribution in [3.8, 4) is 5.75 Å². The summed E-state index contributed by atoms with van der Waals surface area (Å²) >= 11 is 11.3. The van der Waals surface area contributed by atoms with E-state index in [1.54, 1.807) is 0 Å². The van der Waals surface area contributed by atoms with Crippen LogP contribution in [-0.4, -0.2) is 23.6 Å². The molecule has 0 aliphatic rings. The molecule has 0 unspecified atom stereocenters. The molecule has 114 valence electrons. The van der Waals surface area contributed by atoms with Gasteiger partial charge >= 0.3 is 11.9 Å². The van der Waals surface area contributed by atoms with Gasteiger partial charge in [0.2, 0.25) is 0 Å². The molecule has 1 aromatic rings. The van der Waals surface area contributed by atoms with Crippen LogP contribution in [0, 0.1) is 0 Å². The number of phenolic OH excluding ortho intramolecular Hbond substituents is 1. The zero-order valence-electron chi connectivity index (χ0n) is 10.2. The van der Waals surface area contributed by atoms with E-state index in [2.05, 4.69) is 4.74 Å². The second-order valence-corrected chi connectivity index (χ2v) is 4.49. The third kappa shape index (κ3) is 3.85. The number of esters is 1.